The van der Waals surface area contributed by atoms with Crippen molar-refractivity contribution in [3.05, 3.63) is 5.28 Å². The molecule has 0 amide bonds. The van der Waals surface area contributed by atoms with Crippen molar-refractivity contribution in [1.29, 1.82) is 0 Å². The van der Waals surface area contributed by atoms with Crippen LogP contribution in [0.15, 0.2) is 0 Å². The topological polar surface area (TPSA) is 62.7 Å². The van der Waals surface area contributed by atoms with Crippen LogP contribution in [0.2, 0.25) is 5.28 Å². The van der Waals surface area contributed by atoms with Gasteiger partial charge in [-0.15, -0.1) is 0 Å². The summed E-state index contributed by atoms with van der Waals surface area (Å²) < 4.78 is 38.4. The number of nitrogens with one attached hydrogen (secondary N) is 2. The van der Waals surface area contributed by atoms with Crippen LogP contribution in [0.3, 0.4) is 0 Å². The van der Waals surface area contributed by atoms with Crippen LogP contribution in [-0.4, -0.2) is 33.2 Å². The highest BCUT2D eigenvalue weighted by Crippen LogP contribution is 2.26. The quantitative estimate of drug-likeness (QED) is 0.849. The number of hydrogen-bond donors (Lipinski definition) is 2. The molecule has 1 atom stereocenters. The Labute approximate surface area is 132 Å². The van der Waals surface area contributed by atoms with Gasteiger partial charge in [-0.25, -0.2) is 0 Å². The van der Waals surface area contributed by atoms with Gasteiger partial charge in [0.05, 0.1) is 0 Å². The van der Waals surface area contributed by atoms with Crippen LogP contribution in [0.1, 0.15) is 45.4 Å². The van der Waals surface area contributed by atoms with Gasteiger partial charge in [0.2, 0.25) is 17.2 Å². The number of aromatic nitrogens is 3. The predicted octanol–water partition coefficient (Wildman–Crippen LogP) is 4.02. The van der Waals surface area contributed by atoms with E-state index in [1.165, 1.54) is 13.3 Å². The van der Waals surface area contributed by atoms with Crippen molar-refractivity contribution in [2.45, 2.75) is 63.7 Å². The van der Waals surface area contributed by atoms with Gasteiger partial charge in [-0.2, -0.15) is 28.1 Å². The lowest BCUT2D eigenvalue weighted by atomic mass is 9.96. The first kappa shape index (κ1) is 17.1. The minimum absolute atomic E-state index is 0.127. The molecule has 0 unspecified atom stereocenters. The third kappa shape index (κ3) is 4.86. The standard InChI is InChI=1S/C13H19ClF3N5/c1-2-9(13(15,16)17)19-12-21-10(14)20-11(22-12)18-8-6-4-3-5-7-8/h8-9H,2-7H2,1H3,(H2,18,19,20,21,22)/t9-/m1/s1. The van der Waals surface area contributed by atoms with Crippen LogP contribution in [-0.2, 0) is 0 Å². The van der Waals surface area contributed by atoms with Crippen molar-refractivity contribution >= 4 is 23.5 Å². The van der Waals surface area contributed by atoms with Crippen molar-refractivity contribution in [2.75, 3.05) is 10.6 Å². The largest absolute Gasteiger partial charge is 0.408 e. The van der Waals surface area contributed by atoms with Crippen molar-refractivity contribution < 1.29 is 13.2 Å². The van der Waals surface area contributed by atoms with Crippen LogP contribution >= 0.6 is 11.6 Å². The molecule has 1 heterocycles. The summed E-state index contributed by atoms with van der Waals surface area (Å²) in [5.41, 5.74) is 0. The van der Waals surface area contributed by atoms with Gasteiger partial charge in [0, 0.05) is 6.04 Å². The number of rotatable bonds is 5. The Morgan fingerprint density at radius 3 is 2.36 bits per heavy atom. The molecule has 1 aliphatic rings. The van der Waals surface area contributed by atoms with E-state index in [-0.39, 0.29) is 29.6 Å². The van der Waals surface area contributed by atoms with Gasteiger partial charge < -0.3 is 10.6 Å². The molecule has 1 saturated carbocycles. The SMILES string of the molecule is CC[C@@H](Nc1nc(Cl)nc(NC2CCCCC2)n1)C(F)(F)F. The first-order chi connectivity index (χ1) is 10.4. The lowest BCUT2D eigenvalue weighted by Gasteiger charge is -2.23. The van der Waals surface area contributed by atoms with E-state index in [0.717, 1.165) is 25.7 Å². The Hall–Kier alpha value is -1.31. The van der Waals surface area contributed by atoms with E-state index < -0.39 is 12.2 Å². The predicted molar refractivity (Wildman–Crippen MR) is 79.1 cm³/mol. The van der Waals surface area contributed by atoms with E-state index in [1.807, 2.05) is 0 Å². The third-order valence-corrected chi connectivity index (χ3v) is 3.82. The molecule has 0 saturated heterocycles. The second kappa shape index (κ2) is 7.30. The number of hydrogen-bond acceptors (Lipinski definition) is 5. The normalized spacial score (nSPS) is 18.0. The summed E-state index contributed by atoms with van der Waals surface area (Å²) in [6.07, 6.45) is 0.926. The molecule has 1 fully saturated rings. The minimum Gasteiger partial charge on any atom is -0.351 e. The summed E-state index contributed by atoms with van der Waals surface area (Å²) in [6, 6.07) is -1.49. The van der Waals surface area contributed by atoms with Crippen LogP contribution < -0.4 is 10.6 Å². The second-order valence-corrected chi connectivity index (χ2v) is 5.72. The van der Waals surface area contributed by atoms with E-state index in [0.29, 0.717) is 0 Å². The van der Waals surface area contributed by atoms with Gasteiger partial charge in [0.1, 0.15) is 6.04 Å². The fourth-order valence-corrected chi connectivity index (χ4v) is 2.64. The van der Waals surface area contributed by atoms with Crippen LogP contribution in [0.4, 0.5) is 25.1 Å². The molecule has 9 heteroatoms. The van der Waals surface area contributed by atoms with Crippen LogP contribution in [0, 0.1) is 0 Å². The molecule has 0 bridgehead atoms. The first-order valence-electron chi connectivity index (χ1n) is 7.40. The number of nitrogens with zero attached hydrogens (tertiary/aromatic N) is 3. The molecule has 1 aromatic heterocycles. The highest BCUT2D eigenvalue weighted by molar-refractivity contribution is 6.28. The molecule has 1 aromatic rings. The Morgan fingerprint density at radius 2 is 1.77 bits per heavy atom. The molecular formula is C13H19ClF3N5. The molecular weight excluding hydrogens is 319 g/mol. The van der Waals surface area contributed by atoms with Gasteiger partial charge in [-0.1, -0.05) is 26.2 Å². The highest BCUT2D eigenvalue weighted by atomic mass is 35.5. The van der Waals surface area contributed by atoms with Gasteiger partial charge in [-0.3, -0.25) is 0 Å². The zero-order valence-electron chi connectivity index (χ0n) is 12.3. The molecule has 2 rings (SSSR count). The molecule has 22 heavy (non-hydrogen) atoms. The van der Waals surface area contributed by atoms with Crippen molar-refractivity contribution in [2.24, 2.45) is 0 Å². The molecule has 124 valence electrons. The molecule has 0 radical (unpaired) electrons. The lowest BCUT2D eigenvalue weighted by molar-refractivity contribution is -0.143. The monoisotopic (exact) mass is 337 g/mol. The van der Waals surface area contributed by atoms with Gasteiger partial charge >= 0.3 is 6.18 Å². The molecule has 5 nitrogen and oxygen atoms in total. The molecule has 0 aliphatic heterocycles. The molecule has 2 N–H and O–H groups in total. The zero-order valence-corrected chi connectivity index (χ0v) is 13.0. The van der Waals surface area contributed by atoms with Crippen molar-refractivity contribution in [3.8, 4) is 0 Å². The molecule has 0 spiro atoms. The number of halogens is 4. The molecule has 1 aliphatic carbocycles. The van der Waals surface area contributed by atoms with E-state index in [2.05, 4.69) is 25.6 Å². The summed E-state index contributed by atoms with van der Waals surface area (Å²) in [6.45, 7) is 1.44. The zero-order chi connectivity index (χ0) is 16.2. The Bertz CT molecular complexity index is 491. The molecule has 0 aromatic carbocycles. The third-order valence-electron chi connectivity index (χ3n) is 3.65. The highest BCUT2D eigenvalue weighted by Gasteiger charge is 2.38. The van der Waals surface area contributed by atoms with Crippen LogP contribution in [0.5, 0.6) is 0 Å². The Morgan fingerprint density at radius 1 is 1.14 bits per heavy atom. The second-order valence-electron chi connectivity index (χ2n) is 5.38. The summed E-state index contributed by atoms with van der Waals surface area (Å²) in [4.78, 5) is 11.7. The number of anilines is 2. The van der Waals surface area contributed by atoms with E-state index in [9.17, 15) is 13.2 Å². The van der Waals surface area contributed by atoms with E-state index in [1.54, 1.807) is 0 Å². The lowest BCUT2D eigenvalue weighted by Crippen LogP contribution is -2.36. The van der Waals surface area contributed by atoms with Crippen LogP contribution in [0.25, 0.3) is 0 Å². The maximum absolute atomic E-state index is 12.8. The summed E-state index contributed by atoms with van der Waals surface area (Å²) in [5, 5.41) is 5.27. The Balaban J connectivity index is 2.08. The summed E-state index contributed by atoms with van der Waals surface area (Å²) in [5.74, 6) is 0.0499. The van der Waals surface area contributed by atoms with Gasteiger partial charge in [0.15, 0.2) is 0 Å². The number of alkyl halides is 3. The smallest absolute Gasteiger partial charge is 0.351 e. The van der Waals surface area contributed by atoms with E-state index in [4.69, 9.17) is 11.6 Å². The maximum Gasteiger partial charge on any atom is 0.408 e. The van der Waals surface area contributed by atoms with Crippen molar-refractivity contribution in [1.82, 2.24) is 15.0 Å². The summed E-state index contributed by atoms with van der Waals surface area (Å²) in [7, 11) is 0. The Kier molecular flexibility index (Phi) is 5.66. The van der Waals surface area contributed by atoms with E-state index >= 15 is 0 Å². The minimum atomic E-state index is -4.37. The average Bonchev–Trinajstić information content (AvgIpc) is 2.44. The summed E-state index contributed by atoms with van der Waals surface area (Å²) >= 11 is 5.79. The maximum atomic E-state index is 12.8. The fraction of sp³-hybridized carbons (Fsp3) is 0.769. The average molecular weight is 338 g/mol. The van der Waals surface area contributed by atoms with Gasteiger partial charge in [-0.05, 0) is 30.9 Å². The van der Waals surface area contributed by atoms with Gasteiger partial charge in [0.25, 0.3) is 0 Å². The van der Waals surface area contributed by atoms with Crippen molar-refractivity contribution in [3.63, 3.8) is 0 Å². The first-order valence-corrected chi connectivity index (χ1v) is 7.77. The fourth-order valence-electron chi connectivity index (χ4n) is 2.48.